The first kappa shape index (κ1) is 22.2. The molecule has 0 saturated carbocycles. The zero-order chi connectivity index (χ0) is 23.1. The first-order valence-corrected chi connectivity index (χ1v) is 11.1. The van der Waals surface area contributed by atoms with E-state index in [-0.39, 0.29) is 5.41 Å². The van der Waals surface area contributed by atoms with Crippen molar-refractivity contribution in [2.45, 2.75) is 26.2 Å². The Hall–Kier alpha value is -3.98. The molecule has 0 N–H and O–H groups in total. The van der Waals surface area contributed by atoms with Gasteiger partial charge in [0.25, 0.3) is 0 Å². The minimum atomic E-state index is 0.141. The van der Waals surface area contributed by atoms with Gasteiger partial charge in [-0.2, -0.15) is 0 Å². The van der Waals surface area contributed by atoms with E-state index in [0.29, 0.717) is 11.8 Å². The lowest BCUT2D eigenvalue weighted by Gasteiger charge is -2.18. The summed E-state index contributed by atoms with van der Waals surface area (Å²) in [5.74, 6) is 1.10. The number of hydrogen-bond donors (Lipinski definition) is 0. The smallest absolute Gasteiger partial charge is 0.248 e. The SMILES string of the molecule is CC(C)(C)c1ccc(-c2nnc(-c3ccccc3)o2)cc1.c1ccc(-c2ccccc2)cc1. The van der Waals surface area contributed by atoms with Crippen LogP contribution in [0.5, 0.6) is 0 Å². The second kappa shape index (κ2) is 10.1. The van der Waals surface area contributed by atoms with Crippen LogP contribution >= 0.6 is 0 Å². The van der Waals surface area contributed by atoms with Crippen molar-refractivity contribution in [3.05, 3.63) is 121 Å². The van der Waals surface area contributed by atoms with Crippen LogP contribution in [0.4, 0.5) is 0 Å². The molecule has 0 aliphatic rings. The predicted octanol–water partition coefficient (Wildman–Crippen LogP) is 8.05. The molecule has 0 radical (unpaired) electrons. The highest BCUT2D eigenvalue weighted by Gasteiger charge is 2.15. The molecule has 0 atom stereocenters. The van der Waals surface area contributed by atoms with Crippen LogP contribution in [0.3, 0.4) is 0 Å². The van der Waals surface area contributed by atoms with Gasteiger partial charge in [0.2, 0.25) is 11.8 Å². The number of hydrogen-bond acceptors (Lipinski definition) is 3. The fraction of sp³-hybridized carbons (Fsp3) is 0.133. The summed E-state index contributed by atoms with van der Waals surface area (Å²) in [6.07, 6.45) is 0. The van der Waals surface area contributed by atoms with E-state index in [1.54, 1.807) is 0 Å². The Bertz CT molecular complexity index is 1220. The summed E-state index contributed by atoms with van der Waals surface area (Å²) in [4.78, 5) is 0. The largest absolute Gasteiger partial charge is 0.416 e. The Labute approximate surface area is 195 Å². The first-order chi connectivity index (χ1) is 16.0. The molecular formula is C30H28N2O. The fourth-order valence-electron chi connectivity index (χ4n) is 3.41. The zero-order valence-electron chi connectivity index (χ0n) is 19.3. The van der Waals surface area contributed by atoms with Gasteiger partial charge in [0.15, 0.2) is 0 Å². The minimum absolute atomic E-state index is 0.141. The van der Waals surface area contributed by atoms with Gasteiger partial charge in [-0.25, -0.2) is 0 Å². The van der Waals surface area contributed by atoms with E-state index in [1.807, 2.05) is 54.6 Å². The Kier molecular flexibility index (Phi) is 6.80. The molecule has 0 fully saturated rings. The molecular weight excluding hydrogens is 404 g/mol. The number of aromatic nitrogens is 2. The van der Waals surface area contributed by atoms with Crippen molar-refractivity contribution in [2.75, 3.05) is 0 Å². The van der Waals surface area contributed by atoms with Gasteiger partial charge in [0, 0.05) is 11.1 Å². The topological polar surface area (TPSA) is 38.9 Å². The summed E-state index contributed by atoms with van der Waals surface area (Å²) in [6, 6.07) is 38.9. The number of benzene rings is 4. The van der Waals surface area contributed by atoms with E-state index in [0.717, 1.165) is 11.1 Å². The third kappa shape index (κ3) is 5.83. The van der Waals surface area contributed by atoms with E-state index >= 15 is 0 Å². The Morgan fingerprint density at radius 2 is 0.818 bits per heavy atom. The van der Waals surface area contributed by atoms with Crippen molar-refractivity contribution in [1.29, 1.82) is 0 Å². The molecule has 0 bridgehead atoms. The molecule has 3 nitrogen and oxygen atoms in total. The molecule has 0 saturated heterocycles. The van der Waals surface area contributed by atoms with Crippen LogP contribution in [-0.4, -0.2) is 10.2 Å². The third-order valence-corrected chi connectivity index (χ3v) is 5.32. The molecule has 5 aromatic rings. The van der Waals surface area contributed by atoms with Gasteiger partial charge in [0.05, 0.1) is 0 Å². The molecule has 33 heavy (non-hydrogen) atoms. The lowest BCUT2D eigenvalue weighted by atomic mass is 9.87. The van der Waals surface area contributed by atoms with Gasteiger partial charge in [0.1, 0.15) is 0 Å². The summed E-state index contributed by atoms with van der Waals surface area (Å²) < 4.78 is 5.76. The lowest BCUT2D eigenvalue weighted by Crippen LogP contribution is -2.10. The molecule has 1 heterocycles. The predicted molar refractivity (Wildman–Crippen MR) is 136 cm³/mol. The first-order valence-electron chi connectivity index (χ1n) is 11.1. The molecule has 0 unspecified atom stereocenters. The average molecular weight is 433 g/mol. The van der Waals surface area contributed by atoms with Crippen LogP contribution in [0, 0.1) is 0 Å². The van der Waals surface area contributed by atoms with Gasteiger partial charge in [-0.1, -0.05) is 112 Å². The summed E-state index contributed by atoms with van der Waals surface area (Å²) >= 11 is 0. The molecule has 0 aliphatic carbocycles. The van der Waals surface area contributed by atoms with Crippen molar-refractivity contribution >= 4 is 0 Å². The highest BCUT2D eigenvalue weighted by atomic mass is 16.4. The van der Waals surface area contributed by atoms with Crippen LogP contribution in [0.2, 0.25) is 0 Å². The normalized spacial score (nSPS) is 10.9. The van der Waals surface area contributed by atoms with Crippen molar-refractivity contribution in [3.8, 4) is 34.0 Å². The maximum absolute atomic E-state index is 5.76. The molecule has 164 valence electrons. The summed E-state index contributed by atoms with van der Waals surface area (Å²) in [5.41, 5.74) is 5.85. The Balaban J connectivity index is 0.000000183. The highest BCUT2D eigenvalue weighted by molar-refractivity contribution is 5.62. The Morgan fingerprint density at radius 3 is 1.21 bits per heavy atom. The molecule has 0 aliphatic heterocycles. The molecule has 3 heteroatoms. The minimum Gasteiger partial charge on any atom is -0.416 e. The number of rotatable bonds is 3. The van der Waals surface area contributed by atoms with Crippen LogP contribution in [0.15, 0.2) is 120 Å². The van der Waals surface area contributed by atoms with Gasteiger partial charge in [-0.05, 0) is 46.4 Å². The lowest BCUT2D eigenvalue weighted by molar-refractivity contribution is 0.582. The standard InChI is InChI=1S/C18H18N2O.C12H10/c1-18(2,3)15-11-9-14(10-12-15)17-20-19-16(21-17)13-7-5-4-6-8-13;1-3-7-11(8-4-1)12-9-5-2-6-10-12/h4-12H,1-3H3;1-10H. The van der Waals surface area contributed by atoms with E-state index in [1.165, 1.54) is 16.7 Å². The van der Waals surface area contributed by atoms with E-state index in [9.17, 15) is 0 Å². The van der Waals surface area contributed by atoms with E-state index in [2.05, 4.69) is 91.6 Å². The summed E-state index contributed by atoms with van der Waals surface area (Å²) in [7, 11) is 0. The van der Waals surface area contributed by atoms with Crippen molar-refractivity contribution in [2.24, 2.45) is 0 Å². The quantitative estimate of drug-likeness (QED) is 0.289. The summed E-state index contributed by atoms with van der Waals surface area (Å²) in [6.45, 7) is 6.59. The highest BCUT2D eigenvalue weighted by Crippen LogP contribution is 2.27. The van der Waals surface area contributed by atoms with Gasteiger partial charge in [-0.3, -0.25) is 0 Å². The average Bonchev–Trinajstić information content (AvgIpc) is 3.36. The van der Waals surface area contributed by atoms with Gasteiger partial charge in [-0.15, -0.1) is 10.2 Å². The Morgan fingerprint density at radius 1 is 0.455 bits per heavy atom. The van der Waals surface area contributed by atoms with E-state index in [4.69, 9.17) is 4.42 Å². The zero-order valence-corrected chi connectivity index (χ0v) is 19.3. The number of nitrogens with zero attached hydrogens (tertiary/aromatic N) is 2. The monoisotopic (exact) mass is 432 g/mol. The second-order valence-corrected chi connectivity index (χ2v) is 8.84. The molecule has 0 spiro atoms. The molecule has 1 aromatic heterocycles. The molecule has 5 rings (SSSR count). The van der Waals surface area contributed by atoms with Crippen molar-refractivity contribution in [1.82, 2.24) is 10.2 Å². The maximum atomic E-state index is 5.76. The van der Waals surface area contributed by atoms with Crippen LogP contribution in [-0.2, 0) is 5.41 Å². The fourth-order valence-corrected chi connectivity index (χ4v) is 3.41. The summed E-state index contributed by atoms with van der Waals surface area (Å²) in [5, 5.41) is 8.26. The molecule has 0 amide bonds. The van der Waals surface area contributed by atoms with Gasteiger partial charge >= 0.3 is 0 Å². The van der Waals surface area contributed by atoms with Crippen LogP contribution in [0.25, 0.3) is 34.0 Å². The van der Waals surface area contributed by atoms with Crippen LogP contribution < -0.4 is 0 Å². The van der Waals surface area contributed by atoms with Crippen molar-refractivity contribution in [3.63, 3.8) is 0 Å². The van der Waals surface area contributed by atoms with Gasteiger partial charge < -0.3 is 4.42 Å². The second-order valence-electron chi connectivity index (χ2n) is 8.84. The molecule has 4 aromatic carbocycles. The van der Waals surface area contributed by atoms with Crippen LogP contribution in [0.1, 0.15) is 26.3 Å². The van der Waals surface area contributed by atoms with E-state index < -0.39 is 0 Å². The third-order valence-electron chi connectivity index (χ3n) is 5.32. The maximum Gasteiger partial charge on any atom is 0.248 e. The van der Waals surface area contributed by atoms with Crippen molar-refractivity contribution < 1.29 is 4.42 Å².